The van der Waals surface area contributed by atoms with Crippen LogP contribution in [0.4, 0.5) is 0 Å². The van der Waals surface area contributed by atoms with Crippen molar-refractivity contribution in [1.82, 2.24) is 0 Å². The van der Waals surface area contributed by atoms with Crippen molar-refractivity contribution >= 4 is 9.84 Å². The Balaban J connectivity index is 1.54. The van der Waals surface area contributed by atoms with Crippen LogP contribution >= 0.6 is 0 Å². The lowest BCUT2D eigenvalue weighted by Crippen LogP contribution is -2.36. The molecule has 0 bridgehead atoms. The van der Waals surface area contributed by atoms with Crippen molar-refractivity contribution in [1.29, 1.82) is 0 Å². The van der Waals surface area contributed by atoms with Crippen molar-refractivity contribution in [2.45, 2.75) is 110 Å². The molecule has 0 aromatic carbocycles. The summed E-state index contributed by atoms with van der Waals surface area (Å²) in [6.45, 7) is 9.62. The minimum absolute atomic E-state index is 0.223. The van der Waals surface area contributed by atoms with Crippen molar-refractivity contribution in [2.75, 3.05) is 5.75 Å². The number of hydrogen-bond acceptors (Lipinski definition) is 3. The predicted molar refractivity (Wildman–Crippen MR) is 129 cm³/mol. The third kappa shape index (κ3) is 4.58. The third-order valence-electron chi connectivity index (χ3n) is 9.33. The van der Waals surface area contributed by atoms with Crippen LogP contribution in [0.1, 0.15) is 98.3 Å². The lowest BCUT2D eigenvalue weighted by Gasteiger charge is -2.44. The van der Waals surface area contributed by atoms with E-state index in [9.17, 15) is 13.5 Å². The highest BCUT2D eigenvalue weighted by atomic mass is 32.2. The van der Waals surface area contributed by atoms with Crippen molar-refractivity contribution in [3.8, 4) is 0 Å². The van der Waals surface area contributed by atoms with Gasteiger partial charge in [0.15, 0.2) is 9.84 Å². The van der Waals surface area contributed by atoms with Gasteiger partial charge in [-0.05, 0) is 86.0 Å². The molecule has 2 fully saturated rings. The van der Waals surface area contributed by atoms with Gasteiger partial charge in [-0.2, -0.15) is 0 Å². The summed E-state index contributed by atoms with van der Waals surface area (Å²) in [6.07, 6.45) is 13.9. The molecule has 6 atom stereocenters. The number of sulfone groups is 1. The fourth-order valence-electron chi connectivity index (χ4n) is 7.70. The van der Waals surface area contributed by atoms with Gasteiger partial charge in [-0.1, -0.05) is 64.2 Å². The zero-order valence-corrected chi connectivity index (χ0v) is 21.0. The monoisotopic (exact) mass is 448 g/mol. The molecule has 1 aliphatic heterocycles. The SMILES string of the molecule is CC(C)CCC[C@@H](C)[C@H]1CC[C@@H]2/C(=C\[C@H]3C4=C(CC[C@H](O)C4)CS3(=O)=O)CCC[C@]21C. The Morgan fingerprint density at radius 3 is 2.65 bits per heavy atom. The average molecular weight is 449 g/mol. The molecule has 176 valence electrons. The lowest BCUT2D eigenvalue weighted by atomic mass is 9.60. The molecular formula is C27H44O3S. The third-order valence-corrected chi connectivity index (χ3v) is 11.3. The summed E-state index contributed by atoms with van der Waals surface area (Å²) < 4.78 is 26.1. The zero-order valence-electron chi connectivity index (χ0n) is 20.2. The first-order valence-electron chi connectivity index (χ1n) is 12.9. The summed E-state index contributed by atoms with van der Waals surface area (Å²) in [5.74, 6) is 3.08. The fraction of sp³-hybridized carbons (Fsp3) is 0.852. The fourth-order valence-corrected chi connectivity index (χ4v) is 9.77. The number of aliphatic hydroxyl groups excluding tert-OH is 1. The van der Waals surface area contributed by atoms with E-state index in [1.54, 1.807) is 0 Å². The van der Waals surface area contributed by atoms with Crippen LogP contribution in [0.25, 0.3) is 0 Å². The van der Waals surface area contributed by atoms with Gasteiger partial charge < -0.3 is 5.11 Å². The molecule has 1 N–H and O–H groups in total. The molecule has 0 aromatic rings. The Kier molecular flexibility index (Phi) is 6.81. The molecule has 0 aromatic heterocycles. The molecule has 31 heavy (non-hydrogen) atoms. The van der Waals surface area contributed by atoms with Gasteiger partial charge in [-0.15, -0.1) is 0 Å². The molecule has 0 spiro atoms. The van der Waals surface area contributed by atoms with Gasteiger partial charge in [0.1, 0.15) is 5.25 Å². The Labute approximate surface area is 190 Å². The second kappa shape index (κ2) is 8.97. The zero-order chi connectivity index (χ0) is 22.4. The maximum Gasteiger partial charge on any atom is 0.164 e. The summed E-state index contributed by atoms with van der Waals surface area (Å²) in [5, 5.41) is 9.73. The topological polar surface area (TPSA) is 54.4 Å². The van der Waals surface area contributed by atoms with Gasteiger partial charge in [0.2, 0.25) is 0 Å². The van der Waals surface area contributed by atoms with Crippen LogP contribution in [0.3, 0.4) is 0 Å². The largest absolute Gasteiger partial charge is 0.393 e. The summed E-state index contributed by atoms with van der Waals surface area (Å²) in [5.41, 5.74) is 3.89. The van der Waals surface area contributed by atoms with Gasteiger partial charge in [0.05, 0.1) is 11.9 Å². The second-order valence-corrected chi connectivity index (χ2v) is 14.0. The molecule has 3 aliphatic carbocycles. The Bertz CT molecular complexity index is 837. The quantitative estimate of drug-likeness (QED) is 0.490. The van der Waals surface area contributed by atoms with Gasteiger partial charge in [-0.25, -0.2) is 8.42 Å². The van der Waals surface area contributed by atoms with Crippen molar-refractivity contribution in [3.05, 3.63) is 22.8 Å². The van der Waals surface area contributed by atoms with Crippen molar-refractivity contribution < 1.29 is 13.5 Å². The van der Waals surface area contributed by atoms with E-state index in [4.69, 9.17) is 0 Å². The molecule has 3 nitrogen and oxygen atoms in total. The number of hydrogen-bond donors (Lipinski definition) is 1. The van der Waals surface area contributed by atoms with E-state index in [-0.39, 0.29) is 11.9 Å². The van der Waals surface area contributed by atoms with E-state index in [2.05, 4.69) is 33.8 Å². The predicted octanol–water partition coefficient (Wildman–Crippen LogP) is 6.23. The minimum atomic E-state index is -3.15. The molecule has 4 rings (SSSR count). The summed E-state index contributed by atoms with van der Waals surface area (Å²) in [6, 6.07) is 0. The molecule has 0 radical (unpaired) electrons. The maximum absolute atomic E-state index is 13.1. The number of allylic oxidation sites excluding steroid dienone is 1. The van der Waals surface area contributed by atoms with E-state index >= 15 is 0 Å². The molecule has 1 heterocycles. The minimum Gasteiger partial charge on any atom is -0.393 e. The van der Waals surface area contributed by atoms with Crippen molar-refractivity contribution in [3.63, 3.8) is 0 Å². The van der Waals surface area contributed by atoms with Crippen LogP contribution in [0.2, 0.25) is 0 Å². The molecule has 0 amide bonds. The van der Waals surface area contributed by atoms with Gasteiger partial charge in [0.25, 0.3) is 0 Å². The molecule has 4 aliphatic rings. The van der Waals surface area contributed by atoms with Crippen LogP contribution in [-0.2, 0) is 9.84 Å². The van der Waals surface area contributed by atoms with E-state index in [0.29, 0.717) is 24.2 Å². The van der Waals surface area contributed by atoms with Gasteiger partial charge in [0, 0.05) is 0 Å². The second-order valence-electron chi connectivity index (χ2n) is 11.9. The summed E-state index contributed by atoms with van der Waals surface area (Å²) in [7, 11) is -3.15. The first-order valence-corrected chi connectivity index (χ1v) is 14.6. The standard InChI is InChI=1S/C27H44O3S/c1-18(2)7-5-8-19(3)24-12-13-25-20(9-6-14-27(24,25)4)15-26-23-16-22(28)11-10-21(23)17-31(26,29)30/h15,18-19,22,24-26,28H,5-14,16-17H2,1-4H3/b20-15-/t19-,22+,24-,25-,26+,27+/m1/s1. The number of fused-ring (bicyclic) bond motifs is 1. The van der Waals surface area contributed by atoms with E-state index < -0.39 is 15.1 Å². The van der Waals surface area contributed by atoms with Crippen LogP contribution in [0.15, 0.2) is 22.8 Å². The summed E-state index contributed by atoms with van der Waals surface area (Å²) in [4.78, 5) is 0. The molecule has 0 unspecified atom stereocenters. The Hall–Kier alpha value is -0.610. The van der Waals surface area contributed by atoms with E-state index in [1.165, 1.54) is 50.5 Å². The lowest BCUT2D eigenvalue weighted by molar-refractivity contribution is 0.0926. The summed E-state index contributed by atoms with van der Waals surface area (Å²) >= 11 is 0. The van der Waals surface area contributed by atoms with Gasteiger partial charge in [-0.3, -0.25) is 0 Å². The number of aliphatic hydroxyl groups is 1. The highest BCUT2D eigenvalue weighted by molar-refractivity contribution is 7.92. The highest BCUT2D eigenvalue weighted by Crippen LogP contribution is 2.60. The normalized spacial score (nSPS) is 39.7. The Morgan fingerprint density at radius 1 is 1.13 bits per heavy atom. The van der Waals surface area contributed by atoms with Gasteiger partial charge >= 0.3 is 0 Å². The van der Waals surface area contributed by atoms with Crippen LogP contribution < -0.4 is 0 Å². The van der Waals surface area contributed by atoms with Crippen LogP contribution in [-0.4, -0.2) is 30.6 Å². The van der Waals surface area contributed by atoms with Crippen LogP contribution in [0.5, 0.6) is 0 Å². The first-order chi connectivity index (χ1) is 14.6. The first kappa shape index (κ1) is 23.5. The molecular weight excluding hydrogens is 404 g/mol. The van der Waals surface area contributed by atoms with Crippen molar-refractivity contribution in [2.24, 2.45) is 29.1 Å². The Morgan fingerprint density at radius 2 is 1.90 bits per heavy atom. The van der Waals surface area contributed by atoms with Crippen LogP contribution in [0, 0.1) is 29.1 Å². The molecule has 4 heteroatoms. The number of rotatable bonds is 6. The molecule has 0 saturated heterocycles. The smallest absolute Gasteiger partial charge is 0.164 e. The molecule has 2 saturated carbocycles. The average Bonchev–Trinajstić information content (AvgIpc) is 3.16. The van der Waals surface area contributed by atoms with E-state index in [0.717, 1.165) is 41.7 Å². The van der Waals surface area contributed by atoms with E-state index in [1.807, 2.05) is 0 Å². The highest BCUT2D eigenvalue weighted by Gasteiger charge is 2.51. The maximum atomic E-state index is 13.1.